The van der Waals surface area contributed by atoms with Crippen LogP contribution in [0.2, 0.25) is 0 Å². The van der Waals surface area contributed by atoms with Crippen LogP contribution >= 0.6 is 11.3 Å². The summed E-state index contributed by atoms with van der Waals surface area (Å²) in [7, 11) is 1.50. The normalized spacial score (nSPS) is 24.8. The molecule has 108 valence electrons. The summed E-state index contributed by atoms with van der Waals surface area (Å²) < 4.78 is 42.9. The number of thiazole rings is 1. The number of aliphatic hydroxyl groups is 1. The molecule has 1 saturated heterocycles. The van der Waals surface area contributed by atoms with Gasteiger partial charge in [0.05, 0.1) is 19.3 Å². The van der Waals surface area contributed by atoms with Gasteiger partial charge < -0.3 is 14.7 Å². The monoisotopic (exact) mass is 296 g/mol. The van der Waals surface area contributed by atoms with Gasteiger partial charge in [-0.1, -0.05) is 11.3 Å². The summed E-state index contributed by atoms with van der Waals surface area (Å²) in [5.41, 5.74) is -0.706. The summed E-state index contributed by atoms with van der Waals surface area (Å²) in [5, 5.41) is 9.71. The summed E-state index contributed by atoms with van der Waals surface area (Å²) in [6.07, 6.45) is -2.08. The number of nitrogens with zero attached hydrogens (tertiary/aromatic N) is 2. The number of methoxy groups -OCH3 is 1. The van der Waals surface area contributed by atoms with Gasteiger partial charge in [-0.2, -0.15) is 13.2 Å². The van der Waals surface area contributed by atoms with Crippen molar-refractivity contribution < 1.29 is 23.0 Å². The third-order valence-corrected chi connectivity index (χ3v) is 4.41. The van der Waals surface area contributed by atoms with Crippen molar-refractivity contribution >= 4 is 16.5 Å². The number of aromatic nitrogens is 1. The first kappa shape index (κ1) is 14.5. The second-order valence-electron chi connectivity index (χ2n) is 4.58. The van der Waals surface area contributed by atoms with E-state index in [4.69, 9.17) is 4.74 Å². The fraction of sp³-hybridized carbons (Fsp3) is 0.727. The highest BCUT2D eigenvalue weighted by atomic mass is 32.1. The number of ether oxygens (including phenoxy) is 1. The predicted molar refractivity (Wildman–Crippen MR) is 65.4 cm³/mol. The molecule has 0 amide bonds. The highest BCUT2D eigenvalue weighted by Crippen LogP contribution is 2.38. The maximum absolute atomic E-state index is 12.5. The van der Waals surface area contributed by atoms with Crippen molar-refractivity contribution in [2.75, 3.05) is 31.7 Å². The molecule has 2 rings (SSSR count). The van der Waals surface area contributed by atoms with Crippen molar-refractivity contribution in [2.45, 2.75) is 24.6 Å². The summed E-state index contributed by atoms with van der Waals surface area (Å²) >= 11 is 0.621. The highest BCUT2D eigenvalue weighted by Gasteiger charge is 2.38. The Bertz CT molecular complexity index is 432. The largest absolute Gasteiger partial charge is 0.427 e. The minimum Gasteiger partial charge on any atom is -0.393 e. The molecular weight excluding hydrogens is 281 g/mol. The quantitative estimate of drug-likeness (QED) is 0.928. The van der Waals surface area contributed by atoms with E-state index >= 15 is 0 Å². The van der Waals surface area contributed by atoms with Crippen LogP contribution in [0.15, 0.2) is 6.20 Å². The minimum atomic E-state index is -4.36. The third-order valence-electron chi connectivity index (χ3n) is 3.30. The molecule has 0 aliphatic carbocycles. The van der Waals surface area contributed by atoms with E-state index in [9.17, 15) is 18.3 Å². The lowest BCUT2D eigenvalue weighted by Crippen LogP contribution is -2.51. The molecule has 2 heterocycles. The van der Waals surface area contributed by atoms with Gasteiger partial charge in [-0.25, -0.2) is 4.98 Å². The first-order chi connectivity index (χ1) is 8.90. The van der Waals surface area contributed by atoms with Crippen LogP contribution in [0.25, 0.3) is 0 Å². The summed E-state index contributed by atoms with van der Waals surface area (Å²) in [6.45, 7) is 0.818. The van der Waals surface area contributed by atoms with Gasteiger partial charge in [0.1, 0.15) is 10.5 Å². The number of alkyl halides is 3. The van der Waals surface area contributed by atoms with E-state index in [1.165, 1.54) is 7.11 Å². The molecule has 1 N–H and O–H groups in total. The molecule has 1 fully saturated rings. The van der Waals surface area contributed by atoms with E-state index in [2.05, 4.69) is 4.98 Å². The molecule has 0 spiro atoms. The topological polar surface area (TPSA) is 45.6 Å². The van der Waals surface area contributed by atoms with Gasteiger partial charge in [-0.05, 0) is 12.8 Å². The van der Waals surface area contributed by atoms with Gasteiger partial charge in [-0.15, -0.1) is 0 Å². The van der Waals surface area contributed by atoms with Gasteiger partial charge in [-0.3, -0.25) is 0 Å². The minimum absolute atomic E-state index is 0.155. The van der Waals surface area contributed by atoms with Gasteiger partial charge in [0, 0.05) is 13.7 Å². The Morgan fingerprint density at radius 2 is 2.32 bits per heavy atom. The second-order valence-corrected chi connectivity index (χ2v) is 5.58. The number of halogens is 3. The molecule has 4 nitrogen and oxygen atoms in total. The molecule has 8 heteroatoms. The molecule has 0 bridgehead atoms. The Morgan fingerprint density at radius 1 is 1.58 bits per heavy atom. The Labute approximate surface area is 112 Å². The fourth-order valence-electron chi connectivity index (χ4n) is 2.16. The highest BCUT2D eigenvalue weighted by molar-refractivity contribution is 7.15. The Kier molecular flexibility index (Phi) is 4.03. The predicted octanol–water partition coefficient (Wildman–Crippen LogP) is 2.14. The maximum atomic E-state index is 12.5. The first-order valence-electron chi connectivity index (χ1n) is 5.84. The van der Waals surface area contributed by atoms with Gasteiger partial charge >= 0.3 is 6.18 Å². The lowest BCUT2D eigenvalue weighted by molar-refractivity contribution is -0.134. The van der Waals surface area contributed by atoms with Crippen LogP contribution in [0.4, 0.5) is 18.3 Å². The number of piperidine rings is 1. The van der Waals surface area contributed by atoms with Crippen molar-refractivity contribution in [3.63, 3.8) is 0 Å². The average molecular weight is 296 g/mol. The van der Waals surface area contributed by atoms with Crippen molar-refractivity contribution in [3.05, 3.63) is 11.1 Å². The molecular formula is C11H15F3N2O2S. The molecule has 0 aromatic carbocycles. The van der Waals surface area contributed by atoms with Crippen LogP contribution in [0.3, 0.4) is 0 Å². The zero-order valence-electron chi connectivity index (χ0n) is 10.4. The zero-order chi connectivity index (χ0) is 14.1. The lowest BCUT2D eigenvalue weighted by Gasteiger charge is -2.40. The molecule has 1 aliphatic rings. The van der Waals surface area contributed by atoms with Crippen molar-refractivity contribution in [3.8, 4) is 0 Å². The van der Waals surface area contributed by atoms with E-state index in [1.54, 1.807) is 4.90 Å². The number of anilines is 1. The SMILES string of the molecule is COC1(CO)CCCN(c2ncc(C(F)(F)F)s2)C1. The molecule has 0 radical (unpaired) electrons. The van der Waals surface area contributed by atoms with Crippen LogP contribution in [0.5, 0.6) is 0 Å². The third kappa shape index (κ3) is 3.01. The van der Waals surface area contributed by atoms with E-state index in [1.807, 2.05) is 0 Å². The summed E-state index contributed by atoms with van der Waals surface area (Å²) in [6, 6.07) is 0. The number of hydrogen-bond donors (Lipinski definition) is 1. The first-order valence-corrected chi connectivity index (χ1v) is 6.66. The van der Waals surface area contributed by atoms with Crippen LogP contribution in [-0.4, -0.2) is 42.5 Å². The van der Waals surface area contributed by atoms with Crippen LogP contribution in [0.1, 0.15) is 17.7 Å². The number of aliphatic hydroxyl groups excluding tert-OH is 1. The van der Waals surface area contributed by atoms with E-state index in [0.717, 1.165) is 12.6 Å². The standard InChI is InChI=1S/C11H15F3N2O2S/c1-18-10(7-17)3-2-4-16(6-10)9-15-5-8(19-9)11(12,13)14/h5,17H,2-4,6-7H2,1H3. The van der Waals surface area contributed by atoms with E-state index in [0.29, 0.717) is 36.0 Å². The molecule has 1 aromatic rings. The Hall–Kier alpha value is -0.860. The number of hydrogen-bond acceptors (Lipinski definition) is 5. The van der Waals surface area contributed by atoms with E-state index < -0.39 is 16.7 Å². The summed E-state index contributed by atoms with van der Waals surface area (Å²) in [4.78, 5) is 4.86. The summed E-state index contributed by atoms with van der Waals surface area (Å²) in [5.74, 6) is 0. The molecule has 1 unspecified atom stereocenters. The molecule has 1 aromatic heterocycles. The molecule has 1 atom stereocenters. The van der Waals surface area contributed by atoms with Crippen LogP contribution in [0, 0.1) is 0 Å². The molecule has 19 heavy (non-hydrogen) atoms. The lowest BCUT2D eigenvalue weighted by atomic mass is 9.94. The smallest absolute Gasteiger partial charge is 0.393 e. The van der Waals surface area contributed by atoms with Gasteiger partial charge in [0.25, 0.3) is 0 Å². The van der Waals surface area contributed by atoms with Gasteiger partial charge in [0.15, 0.2) is 5.13 Å². The van der Waals surface area contributed by atoms with Crippen molar-refractivity contribution in [1.82, 2.24) is 4.98 Å². The van der Waals surface area contributed by atoms with Crippen molar-refractivity contribution in [2.24, 2.45) is 0 Å². The number of rotatable bonds is 3. The van der Waals surface area contributed by atoms with E-state index in [-0.39, 0.29) is 6.61 Å². The maximum Gasteiger partial charge on any atom is 0.427 e. The Balaban J connectivity index is 2.16. The average Bonchev–Trinajstić information content (AvgIpc) is 2.88. The fourth-order valence-corrected chi connectivity index (χ4v) is 2.97. The van der Waals surface area contributed by atoms with Crippen LogP contribution < -0.4 is 4.90 Å². The van der Waals surface area contributed by atoms with Crippen LogP contribution in [-0.2, 0) is 10.9 Å². The van der Waals surface area contributed by atoms with Crippen molar-refractivity contribution in [1.29, 1.82) is 0 Å². The molecule has 1 aliphatic heterocycles. The van der Waals surface area contributed by atoms with Gasteiger partial charge in [0.2, 0.25) is 0 Å². The zero-order valence-corrected chi connectivity index (χ0v) is 11.2. The second kappa shape index (κ2) is 5.26. The Morgan fingerprint density at radius 3 is 2.84 bits per heavy atom. The molecule has 0 saturated carbocycles.